The van der Waals surface area contributed by atoms with E-state index in [9.17, 15) is 0 Å². The molecule has 0 fully saturated rings. The van der Waals surface area contributed by atoms with Gasteiger partial charge in [0.05, 0.1) is 0 Å². The smallest absolute Gasteiger partial charge is 0.358 e. The molecule has 0 amide bonds. The summed E-state index contributed by atoms with van der Waals surface area (Å²) >= 11 is 0.963. The molecule has 0 rings (SSSR count). The number of hydrogen-bond donors (Lipinski definition) is 1. The minimum absolute atomic E-state index is 0. The first-order valence-corrected chi connectivity index (χ1v) is 1.49. The molecule has 0 saturated carbocycles. The summed E-state index contributed by atoms with van der Waals surface area (Å²) in [5.41, 5.74) is 0. The van der Waals surface area contributed by atoms with Crippen molar-refractivity contribution < 1.29 is 21.0 Å². The zero-order valence-electron chi connectivity index (χ0n) is 3.43. The Bertz CT molecular complexity index is 17.1. The van der Waals surface area contributed by atoms with E-state index in [2.05, 4.69) is 3.91 Å². The topological polar surface area (TPSA) is 57.4 Å². The normalized spacial score (nSPS) is 3.50. The van der Waals surface area contributed by atoms with E-state index in [1.807, 2.05) is 0 Å². The SMILES string of the molecule is [3H][N]=[W].[CH3-].[NH2-]. The fourth-order valence-corrected chi connectivity index (χ4v) is 0. The van der Waals surface area contributed by atoms with Gasteiger partial charge < -0.3 is 13.6 Å². The molecule has 0 aliphatic heterocycles. The minimum Gasteiger partial charge on any atom is -0.693 e. The largest absolute Gasteiger partial charge is 0.693 e. The van der Waals surface area contributed by atoms with Crippen LogP contribution in [0.25, 0.3) is 6.15 Å². The van der Waals surface area contributed by atoms with Crippen molar-refractivity contribution >= 4 is 0 Å². The third kappa shape index (κ3) is 25.6. The summed E-state index contributed by atoms with van der Waals surface area (Å²) in [5, 5.41) is 0. The van der Waals surface area contributed by atoms with Crippen molar-refractivity contribution in [2.45, 2.75) is 0 Å². The first kappa shape index (κ1) is 8.82. The molecular formula is CH6N2W-2. The second kappa shape index (κ2) is 103. The third-order valence-corrected chi connectivity index (χ3v) is 0. The first-order chi connectivity index (χ1) is 1.41. The maximum absolute atomic E-state index is 5.87. The van der Waals surface area contributed by atoms with Crippen molar-refractivity contribution in [2.75, 3.05) is 0 Å². The zero-order chi connectivity index (χ0) is 2.71. The van der Waals surface area contributed by atoms with Gasteiger partial charge in [-0.1, -0.05) is 0 Å². The van der Waals surface area contributed by atoms with E-state index in [0.29, 0.717) is 0 Å². The van der Waals surface area contributed by atoms with E-state index in [1.54, 1.807) is 0 Å². The molecule has 0 atom stereocenters. The number of nitrogens with two attached hydrogens (primary N) is 1. The van der Waals surface area contributed by atoms with Crippen molar-refractivity contribution in [3.8, 4) is 0 Å². The maximum atomic E-state index is 5.87. The van der Waals surface area contributed by atoms with Gasteiger partial charge in [-0.05, 0) is 0 Å². The van der Waals surface area contributed by atoms with Crippen molar-refractivity contribution in [1.82, 2.24) is 0 Å². The predicted octanol–water partition coefficient (Wildman–Crippen LogP) is 1.46. The maximum Gasteiger partial charge on any atom is -0.358 e. The van der Waals surface area contributed by atoms with E-state index >= 15 is 0 Å². The summed E-state index contributed by atoms with van der Waals surface area (Å²) in [5.74, 6) is 0. The van der Waals surface area contributed by atoms with Gasteiger partial charge in [0.2, 0.25) is 0 Å². The Morgan fingerprint density at radius 2 is 2.00 bits per heavy atom. The van der Waals surface area contributed by atoms with Gasteiger partial charge >= 0.3 is 24.9 Å². The molecule has 0 heterocycles. The van der Waals surface area contributed by atoms with Crippen molar-refractivity contribution in [3.63, 3.8) is 0 Å². The molecule has 0 spiro atoms. The van der Waals surface area contributed by atoms with Gasteiger partial charge in [-0.3, -0.25) is 0 Å². The molecule has 3 heteroatoms. The summed E-state index contributed by atoms with van der Waals surface area (Å²) in [6, 6.07) is 0. The van der Waals surface area contributed by atoms with Gasteiger partial charge in [0.25, 0.3) is 0 Å². The molecule has 3 N–H and O–H groups in total. The molecule has 28 valence electrons. The van der Waals surface area contributed by atoms with E-state index in [4.69, 9.17) is 1.41 Å². The van der Waals surface area contributed by atoms with Crippen LogP contribution in [-0.4, -0.2) is 0 Å². The van der Waals surface area contributed by atoms with Crippen LogP contribution in [0.5, 0.6) is 0 Å². The summed E-state index contributed by atoms with van der Waals surface area (Å²) in [4.78, 5) is 0. The molecule has 0 unspecified atom stereocenters. The van der Waals surface area contributed by atoms with Crippen LogP contribution in [0.2, 0.25) is 1.41 Å². The second-order valence-corrected chi connectivity index (χ2v) is 0. The number of hydrogen-bond acceptors (Lipinski definition) is 1. The van der Waals surface area contributed by atoms with E-state index < -0.39 is 0 Å². The Hall–Kier alpha value is 0.448. The molecule has 0 aromatic heterocycles. The average molecular weight is 232 g/mol. The Morgan fingerprint density at radius 1 is 2.00 bits per heavy atom. The van der Waals surface area contributed by atoms with Crippen molar-refractivity contribution in [2.24, 2.45) is 0 Å². The minimum atomic E-state index is 0. The van der Waals surface area contributed by atoms with Gasteiger partial charge in [0.1, 0.15) is 0 Å². The second-order valence-electron chi connectivity index (χ2n) is 0. The molecule has 0 aliphatic rings. The van der Waals surface area contributed by atoms with Crippen LogP contribution in [0.1, 0.15) is 0 Å². The molecule has 0 saturated heterocycles. The van der Waals surface area contributed by atoms with E-state index in [1.165, 1.54) is 0 Å². The number of rotatable bonds is 0. The molecule has 0 aliphatic carbocycles. The number of nitrogens with one attached hydrogen (secondary N) is 1. The van der Waals surface area contributed by atoms with Crippen LogP contribution in [0.3, 0.4) is 0 Å². The molecule has 2 nitrogen and oxygen atoms in total. The standard InChI is InChI=1S/CH3.H2N.HN.W/h1H3;1H2;1H;/q2*-1;;/i;;1T;. The predicted molar refractivity (Wildman–Crippen MR) is 14.4 cm³/mol. The monoisotopic (exact) mass is 232 g/mol. The molecule has 0 bridgehead atoms. The molecule has 0 radical (unpaired) electrons. The first-order valence-electron chi connectivity index (χ1n) is 0.630. The van der Waals surface area contributed by atoms with E-state index in [0.717, 1.165) is 19.6 Å². The molecule has 4 heavy (non-hydrogen) atoms. The Balaban J connectivity index is -0.0000000200. The van der Waals surface area contributed by atoms with Gasteiger partial charge in [0.15, 0.2) is 0 Å². The Labute approximate surface area is 39.2 Å². The third-order valence-electron chi connectivity index (χ3n) is 0. The van der Waals surface area contributed by atoms with Gasteiger partial charge in [-0.15, -0.1) is 0 Å². The Morgan fingerprint density at radius 3 is 2.00 bits per heavy atom. The summed E-state index contributed by atoms with van der Waals surface area (Å²) in [6.07, 6.45) is 0. The molecular weight excluding hydrogens is 224 g/mol. The van der Waals surface area contributed by atoms with Crippen LogP contribution in [0.15, 0.2) is 0 Å². The van der Waals surface area contributed by atoms with Crippen LogP contribution < -0.4 is 0 Å². The molecule has 0 aromatic carbocycles. The van der Waals surface area contributed by atoms with Gasteiger partial charge in [0, 0.05) is 0 Å². The summed E-state index contributed by atoms with van der Waals surface area (Å²) < 4.78 is 8.70. The Kier molecular flexibility index (Phi) is 227. The summed E-state index contributed by atoms with van der Waals surface area (Å²) in [6.45, 7) is 0. The quantitative estimate of drug-likeness (QED) is 0.614. The summed E-state index contributed by atoms with van der Waals surface area (Å²) in [7, 11) is 0. The fraction of sp³-hybridized carbons (Fsp3) is 0. The van der Waals surface area contributed by atoms with E-state index in [-0.39, 0.29) is 13.6 Å². The average Bonchev–Trinajstić information content (AvgIpc) is 0.918. The molecule has 0 aromatic rings. The van der Waals surface area contributed by atoms with Crippen LogP contribution >= 0.6 is 0 Å². The fourth-order valence-electron chi connectivity index (χ4n) is 0. The van der Waals surface area contributed by atoms with Crippen molar-refractivity contribution in [3.05, 3.63) is 13.6 Å². The zero-order valence-corrected chi connectivity index (χ0v) is 5.37. The van der Waals surface area contributed by atoms with Gasteiger partial charge in [-0.25, -0.2) is 0 Å². The van der Waals surface area contributed by atoms with Crippen LogP contribution in [-0.2, 0) is 19.6 Å². The van der Waals surface area contributed by atoms with Crippen molar-refractivity contribution in [1.29, 1.82) is 3.91 Å². The van der Waals surface area contributed by atoms with Crippen LogP contribution in [0.4, 0.5) is 0 Å². The van der Waals surface area contributed by atoms with Gasteiger partial charge in [-0.2, -0.15) is 0 Å². The van der Waals surface area contributed by atoms with Crippen LogP contribution in [0, 0.1) is 11.3 Å².